The summed E-state index contributed by atoms with van der Waals surface area (Å²) in [6.45, 7) is 9.26. The van der Waals surface area contributed by atoms with Crippen LogP contribution in [0.3, 0.4) is 0 Å². The fourth-order valence-electron chi connectivity index (χ4n) is 2.74. The van der Waals surface area contributed by atoms with Crippen LogP contribution in [0.1, 0.15) is 25.3 Å². The third kappa shape index (κ3) is 8.27. The molecule has 0 spiro atoms. The average molecular weight is 461 g/mol. The molecule has 0 bridgehead atoms. The first-order chi connectivity index (χ1) is 11.7. The molecule has 1 fully saturated rings. The van der Waals surface area contributed by atoms with Crippen LogP contribution in [0, 0.1) is 12.8 Å². The van der Waals surface area contributed by atoms with Crippen molar-refractivity contribution >= 4 is 29.9 Å². The fraction of sp³-hybridized carbons (Fsp3) is 0.632. The lowest BCUT2D eigenvalue weighted by atomic mass is 10.1. The number of hydrogen-bond donors (Lipinski definition) is 1. The molecule has 5 nitrogen and oxygen atoms in total. The van der Waals surface area contributed by atoms with Crippen molar-refractivity contribution in [3.63, 3.8) is 0 Å². The third-order valence-corrected chi connectivity index (χ3v) is 4.11. The summed E-state index contributed by atoms with van der Waals surface area (Å²) in [4.78, 5) is 6.92. The van der Waals surface area contributed by atoms with Crippen LogP contribution >= 0.6 is 24.0 Å². The number of benzene rings is 1. The molecule has 1 aromatic carbocycles. The number of aryl methyl sites for hydroxylation is 1. The van der Waals surface area contributed by atoms with Crippen LogP contribution in [-0.4, -0.2) is 57.4 Å². The highest BCUT2D eigenvalue weighted by Gasteiger charge is 2.18. The summed E-state index contributed by atoms with van der Waals surface area (Å²) in [7, 11) is 2.10. The van der Waals surface area contributed by atoms with E-state index in [0.717, 1.165) is 57.4 Å². The van der Waals surface area contributed by atoms with Gasteiger partial charge < -0.3 is 19.7 Å². The third-order valence-electron chi connectivity index (χ3n) is 4.11. The molecular formula is C19H32IN3O2. The number of nitrogens with one attached hydrogen (secondary N) is 1. The Hall–Kier alpha value is -1.02. The Morgan fingerprint density at radius 1 is 1.36 bits per heavy atom. The van der Waals surface area contributed by atoms with Gasteiger partial charge in [0.05, 0.1) is 13.2 Å². The maximum atomic E-state index is 5.75. The summed E-state index contributed by atoms with van der Waals surface area (Å²) in [5.74, 6) is 2.51. The summed E-state index contributed by atoms with van der Waals surface area (Å²) in [6, 6.07) is 8.16. The highest BCUT2D eigenvalue weighted by molar-refractivity contribution is 14.0. The zero-order valence-corrected chi connectivity index (χ0v) is 18.0. The van der Waals surface area contributed by atoms with E-state index in [1.807, 2.05) is 12.1 Å². The molecule has 142 valence electrons. The van der Waals surface area contributed by atoms with Gasteiger partial charge in [-0.15, -0.1) is 24.0 Å². The molecule has 1 aliphatic heterocycles. The highest BCUT2D eigenvalue weighted by atomic mass is 127. The second-order valence-corrected chi connectivity index (χ2v) is 6.36. The van der Waals surface area contributed by atoms with Crippen molar-refractivity contribution in [3.8, 4) is 5.75 Å². The van der Waals surface area contributed by atoms with E-state index in [1.54, 1.807) is 0 Å². The quantitative estimate of drug-likeness (QED) is 0.279. The second-order valence-electron chi connectivity index (χ2n) is 6.36. The van der Waals surface area contributed by atoms with Crippen molar-refractivity contribution in [1.82, 2.24) is 10.2 Å². The topological polar surface area (TPSA) is 46.1 Å². The molecule has 0 aliphatic carbocycles. The van der Waals surface area contributed by atoms with E-state index in [2.05, 4.69) is 43.2 Å². The van der Waals surface area contributed by atoms with Crippen molar-refractivity contribution in [1.29, 1.82) is 0 Å². The SMILES string of the molecule is CCNC(=NCCCOc1ccc(C)cc1)N(C)CC1CCOC1.I. The van der Waals surface area contributed by atoms with Gasteiger partial charge in [-0.05, 0) is 32.4 Å². The van der Waals surface area contributed by atoms with Gasteiger partial charge in [-0.3, -0.25) is 4.99 Å². The number of nitrogens with zero attached hydrogens (tertiary/aromatic N) is 2. The summed E-state index contributed by atoms with van der Waals surface area (Å²) in [6.07, 6.45) is 2.05. The fourth-order valence-corrected chi connectivity index (χ4v) is 2.74. The highest BCUT2D eigenvalue weighted by Crippen LogP contribution is 2.13. The van der Waals surface area contributed by atoms with Gasteiger partial charge in [-0.2, -0.15) is 0 Å². The predicted octanol–water partition coefficient (Wildman–Crippen LogP) is 3.32. The van der Waals surface area contributed by atoms with Crippen LogP contribution in [0.25, 0.3) is 0 Å². The molecule has 6 heteroatoms. The first kappa shape index (κ1) is 22.0. The molecule has 2 rings (SSSR count). The zero-order chi connectivity index (χ0) is 17.2. The van der Waals surface area contributed by atoms with Gasteiger partial charge in [0, 0.05) is 45.6 Å². The number of aliphatic imine (C=N–C) groups is 1. The standard InChI is InChI=1S/C19H31N3O2.HI/c1-4-20-19(22(3)14-17-10-13-23-15-17)21-11-5-12-24-18-8-6-16(2)7-9-18;/h6-9,17H,4-5,10-15H2,1-3H3,(H,20,21);1H. The number of hydrogen-bond acceptors (Lipinski definition) is 3. The summed E-state index contributed by atoms with van der Waals surface area (Å²) < 4.78 is 11.2. The van der Waals surface area contributed by atoms with Gasteiger partial charge in [0.15, 0.2) is 5.96 Å². The van der Waals surface area contributed by atoms with Crippen molar-refractivity contribution < 1.29 is 9.47 Å². The van der Waals surface area contributed by atoms with Crippen LogP contribution in [0.4, 0.5) is 0 Å². The van der Waals surface area contributed by atoms with E-state index in [1.165, 1.54) is 5.56 Å². The summed E-state index contributed by atoms with van der Waals surface area (Å²) >= 11 is 0. The minimum Gasteiger partial charge on any atom is -0.494 e. The van der Waals surface area contributed by atoms with Crippen molar-refractivity contribution in [2.75, 3.05) is 46.5 Å². The lowest BCUT2D eigenvalue weighted by Gasteiger charge is -2.24. The number of halogens is 1. The van der Waals surface area contributed by atoms with E-state index in [9.17, 15) is 0 Å². The molecule has 25 heavy (non-hydrogen) atoms. The second kappa shape index (κ2) is 12.4. The molecule has 1 atom stereocenters. The zero-order valence-electron chi connectivity index (χ0n) is 15.7. The lowest BCUT2D eigenvalue weighted by Crippen LogP contribution is -2.41. The van der Waals surface area contributed by atoms with Gasteiger partial charge in [0.1, 0.15) is 5.75 Å². The molecule has 1 unspecified atom stereocenters. The van der Waals surface area contributed by atoms with Gasteiger partial charge in [0.25, 0.3) is 0 Å². The summed E-state index contributed by atoms with van der Waals surface area (Å²) in [5.41, 5.74) is 1.25. The normalized spacial score (nSPS) is 17.1. The molecule has 0 radical (unpaired) electrons. The van der Waals surface area contributed by atoms with E-state index in [-0.39, 0.29) is 24.0 Å². The van der Waals surface area contributed by atoms with Crippen LogP contribution in [0.2, 0.25) is 0 Å². The Morgan fingerprint density at radius 3 is 2.76 bits per heavy atom. The molecule has 0 amide bonds. The van der Waals surface area contributed by atoms with Crippen LogP contribution < -0.4 is 10.1 Å². The average Bonchev–Trinajstić information content (AvgIpc) is 3.08. The molecule has 1 heterocycles. The van der Waals surface area contributed by atoms with Gasteiger partial charge in [0.2, 0.25) is 0 Å². The van der Waals surface area contributed by atoms with E-state index >= 15 is 0 Å². The molecular weight excluding hydrogens is 429 g/mol. The molecule has 1 aromatic rings. The van der Waals surface area contributed by atoms with E-state index in [0.29, 0.717) is 12.5 Å². The Bertz CT molecular complexity index is 502. The van der Waals surface area contributed by atoms with Crippen LogP contribution in [0.15, 0.2) is 29.3 Å². The first-order valence-electron chi connectivity index (χ1n) is 8.95. The Morgan fingerprint density at radius 2 is 2.12 bits per heavy atom. The predicted molar refractivity (Wildman–Crippen MR) is 114 cm³/mol. The lowest BCUT2D eigenvalue weighted by molar-refractivity contribution is 0.181. The van der Waals surface area contributed by atoms with Gasteiger partial charge >= 0.3 is 0 Å². The Labute approximate surface area is 169 Å². The number of guanidine groups is 1. The van der Waals surface area contributed by atoms with E-state index in [4.69, 9.17) is 14.5 Å². The maximum Gasteiger partial charge on any atom is 0.193 e. The minimum atomic E-state index is 0. The first-order valence-corrected chi connectivity index (χ1v) is 8.95. The number of rotatable bonds is 8. The Kier molecular flexibility index (Phi) is 10.9. The monoisotopic (exact) mass is 461 g/mol. The van der Waals surface area contributed by atoms with E-state index < -0.39 is 0 Å². The number of ether oxygens (including phenoxy) is 2. The van der Waals surface area contributed by atoms with Crippen molar-refractivity contribution in [3.05, 3.63) is 29.8 Å². The van der Waals surface area contributed by atoms with Gasteiger partial charge in [-0.25, -0.2) is 0 Å². The molecule has 1 N–H and O–H groups in total. The van der Waals surface area contributed by atoms with Crippen LogP contribution in [-0.2, 0) is 4.74 Å². The molecule has 1 saturated heterocycles. The van der Waals surface area contributed by atoms with Crippen molar-refractivity contribution in [2.24, 2.45) is 10.9 Å². The molecule has 0 aromatic heterocycles. The summed E-state index contributed by atoms with van der Waals surface area (Å²) in [5, 5.41) is 3.37. The molecule has 0 saturated carbocycles. The van der Waals surface area contributed by atoms with Crippen LogP contribution in [0.5, 0.6) is 5.75 Å². The van der Waals surface area contributed by atoms with Gasteiger partial charge in [-0.1, -0.05) is 17.7 Å². The minimum absolute atomic E-state index is 0. The maximum absolute atomic E-state index is 5.75. The van der Waals surface area contributed by atoms with Crippen molar-refractivity contribution in [2.45, 2.75) is 26.7 Å². The Balaban J connectivity index is 0.00000312. The smallest absolute Gasteiger partial charge is 0.193 e. The molecule has 1 aliphatic rings. The largest absolute Gasteiger partial charge is 0.494 e.